The number of hydrogen-bond acceptors (Lipinski definition) is 3. The number of fused-ring (bicyclic) bond motifs is 6. The van der Waals surface area contributed by atoms with Gasteiger partial charge in [0.1, 0.15) is 5.58 Å². The Kier molecular flexibility index (Phi) is 5.02. The van der Waals surface area contributed by atoms with Crippen LogP contribution in [0, 0.1) is 0 Å². The number of nitrogens with zero attached hydrogens (tertiary/aromatic N) is 2. The number of furan rings is 1. The second-order valence-corrected chi connectivity index (χ2v) is 11.1. The number of pyridine rings is 1. The molecule has 0 aliphatic heterocycles. The van der Waals surface area contributed by atoms with Gasteiger partial charge in [0.25, 0.3) is 0 Å². The van der Waals surface area contributed by atoms with Gasteiger partial charge in [0, 0.05) is 22.7 Å². The summed E-state index contributed by atoms with van der Waals surface area (Å²) in [4.78, 5) is 6.67. The molecule has 0 saturated carbocycles. The van der Waals surface area contributed by atoms with Gasteiger partial charge in [-0.2, -0.15) is 0 Å². The van der Waals surface area contributed by atoms with Gasteiger partial charge in [0.15, 0.2) is 5.58 Å². The Balaban J connectivity index is 1.15. The lowest BCUT2D eigenvalue weighted by atomic mass is 9.90. The molecule has 0 N–H and O–H groups in total. The lowest BCUT2D eigenvalue weighted by Crippen LogP contribution is -2.10. The SMILES string of the molecule is C1=C2c3cc(-c4ccc(N(c5cccnc5)c5cccc6c5oc5ccccc56)cc4)ccc3-c3cccc(c32)CC1. The van der Waals surface area contributed by atoms with Gasteiger partial charge in [-0.3, -0.25) is 4.98 Å². The molecular weight excluding hydrogens is 512 g/mol. The van der Waals surface area contributed by atoms with Crippen LogP contribution in [-0.4, -0.2) is 4.98 Å². The topological polar surface area (TPSA) is 29.3 Å². The normalized spacial score (nSPS) is 13.2. The minimum absolute atomic E-state index is 0.866. The summed E-state index contributed by atoms with van der Waals surface area (Å²) in [5.74, 6) is 0. The maximum Gasteiger partial charge on any atom is 0.159 e. The molecule has 9 rings (SSSR count). The van der Waals surface area contributed by atoms with Gasteiger partial charge in [0.2, 0.25) is 0 Å². The quantitative estimate of drug-likeness (QED) is 0.223. The molecule has 2 aliphatic carbocycles. The van der Waals surface area contributed by atoms with Crippen LogP contribution in [-0.2, 0) is 6.42 Å². The zero-order chi connectivity index (χ0) is 27.6. The van der Waals surface area contributed by atoms with Crippen molar-refractivity contribution in [1.29, 1.82) is 0 Å². The molecule has 0 spiro atoms. The number of aromatic nitrogens is 1. The van der Waals surface area contributed by atoms with Gasteiger partial charge in [-0.15, -0.1) is 0 Å². The highest BCUT2D eigenvalue weighted by Crippen LogP contribution is 2.49. The van der Waals surface area contributed by atoms with Crippen LogP contribution in [0.2, 0.25) is 0 Å². The summed E-state index contributed by atoms with van der Waals surface area (Å²) in [6.45, 7) is 0. The Morgan fingerprint density at radius 2 is 1.50 bits per heavy atom. The first-order valence-electron chi connectivity index (χ1n) is 14.5. The first-order chi connectivity index (χ1) is 20.8. The maximum atomic E-state index is 6.44. The largest absolute Gasteiger partial charge is 0.454 e. The van der Waals surface area contributed by atoms with Crippen LogP contribution < -0.4 is 4.90 Å². The number of rotatable bonds is 4. The molecule has 0 atom stereocenters. The summed E-state index contributed by atoms with van der Waals surface area (Å²) in [6.07, 6.45) is 8.37. The predicted octanol–water partition coefficient (Wildman–Crippen LogP) is 10.5. The van der Waals surface area contributed by atoms with Gasteiger partial charge in [0.05, 0.1) is 17.6 Å². The molecule has 0 bridgehead atoms. The van der Waals surface area contributed by atoms with E-state index in [0.717, 1.165) is 51.8 Å². The lowest BCUT2D eigenvalue weighted by molar-refractivity contribution is 0.669. The molecule has 7 aromatic rings. The van der Waals surface area contributed by atoms with E-state index in [1.54, 1.807) is 0 Å². The molecule has 0 fully saturated rings. The van der Waals surface area contributed by atoms with Crippen LogP contribution in [0.5, 0.6) is 0 Å². The molecule has 0 radical (unpaired) electrons. The monoisotopic (exact) mass is 538 g/mol. The maximum absolute atomic E-state index is 6.44. The van der Waals surface area contributed by atoms with Crippen LogP contribution in [0.1, 0.15) is 23.1 Å². The fourth-order valence-electron chi connectivity index (χ4n) is 6.88. The van der Waals surface area contributed by atoms with Gasteiger partial charge in [-0.25, -0.2) is 0 Å². The Morgan fingerprint density at radius 3 is 2.40 bits per heavy atom. The van der Waals surface area contributed by atoms with E-state index < -0.39 is 0 Å². The van der Waals surface area contributed by atoms with Crippen molar-refractivity contribution in [2.75, 3.05) is 4.90 Å². The molecule has 0 saturated heterocycles. The van der Waals surface area contributed by atoms with E-state index in [1.807, 2.05) is 30.6 Å². The number of benzene rings is 5. The number of anilines is 3. The molecule has 5 aromatic carbocycles. The summed E-state index contributed by atoms with van der Waals surface area (Å²) < 4.78 is 6.44. The third-order valence-corrected chi connectivity index (χ3v) is 8.77. The van der Waals surface area contributed by atoms with Crippen molar-refractivity contribution in [2.24, 2.45) is 0 Å². The Bertz CT molecular complexity index is 2190. The zero-order valence-corrected chi connectivity index (χ0v) is 22.9. The highest BCUT2D eigenvalue weighted by atomic mass is 16.3. The van der Waals surface area contributed by atoms with E-state index in [-0.39, 0.29) is 0 Å². The van der Waals surface area contributed by atoms with E-state index in [1.165, 1.54) is 44.5 Å². The fourth-order valence-corrected chi connectivity index (χ4v) is 6.88. The molecule has 3 heteroatoms. The number of allylic oxidation sites excluding steroid dienone is 1. The molecule has 2 aromatic heterocycles. The zero-order valence-electron chi connectivity index (χ0n) is 22.9. The Morgan fingerprint density at radius 1 is 0.643 bits per heavy atom. The van der Waals surface area contributed by atoms with E-state index in [2.05, 4.69) is 113 Å². The number of hydrogen-bond donors (Lipinski definition) is 0. The van der Waals surface area contributed by atoms with Gasteiger partial charge >= 0.3 is 0 Å². The molecule has 2 aliphatic rings. The molecular formula is C39H26N2O. The van der Waals surface area contributed by atoms with Crippen LogP contribution in [0.3, 0.4) is 0 Å². The highest BCUT2D eigenvalue weighted by molar-refractivity contribution is 6.10. The van der Waals surface area contributed by atoms with Crippen molar-refractivity contribution in [3.8, 4) is 22.3 Å². The van der Waals surface area contributed by atoms with Crippen molar-refractivity contribution < 1.29 is 4.42 Å². The fraction of sp³-hybridized carbons (Fsp3) is 0.0513. The highest BCUT2D eigenvalue weighted by Gasteiger charge is 2.28. The molecule has 0 amide bonds. The third-order valence-electron chi connectivity index (χ3n) is 8.77. The Hall–Kier alpha value is -5.41. The average Bonchev–Trinajstić information content (AvgIpc) is 3.60. The summed E-state index contributed by atoms with van der Waals surface area (Å²) in [7, 11) is 0. The van der Waals surface area contributed by atoms with Crippen molar-refractivity contribution in [2.45, 2.75) is 12.8 Å². The lowest BCUT2D eigenvalue weighted by Gasteiger charge is -2.25. The van der Waals surface area contributed by atoms with E-state index >= 15 is 0 Å². The van der Waals surface area contributed by atoms with E-state index in [9.17, 15) is 0 Å². The van der Waals surface area contributed by atoms with Crippen molar-refractivity contribution in [3.05, 3.63) is 150 Å². The summed E-state index contributed by atoms with van der Waals surface area (Å²) in [5, 5.41) is 2.22. The van der Waals surface area contributed by atoms with E-state index in [0.29, 0.717) is 0 Å². The number of aryl methyl sites for hydroxylation is 1. The van der Waals surface area contributed by atoms with Crippen molar-refractivity contribution in [3.63, 3.8) is 0 Å². The smallest absolute Gasteiger partial charge is 0.159 e. The van der Waals surface area contributed by atoms with Crippen LogP contribution in [0.25, 0.3) is 49.8 Å². The molecule has 0 unspecified atom stereocenters. The first kappa shape index (κ1) is 23.3. The minimum atomic E-state index is 0.866. The van der Waals surface area contributed by atoms with Crippen molar-refractivity contribution in [1.82, 2.24) is 4.98 Å². The predicted molar refractivity (Wildman–Crippen MR) is 172 cm³/mol. The molecule has 3 nitrogen and oxygen atoms in total. The molecule has 2 heterocycles. The minimum Gasteiger partial charge on any atom is -0.454 e. The molecule has 42 heavy (non-hydrogen) atoms. The van der Waals surface area contributed by atoms with Gasteiger partial charge < -0.3 is 9.32 Å². The summed E-state index contributed by atoms with van der Waals surface area (Å²) in [5.41, 5.74) is 15.6. The summed E-state index contributed by atoms with van der Waals surface area (Å²) >= 11 is 0. The van der Waals surface area contributed by atoms with Gasteiger partial charge in [-0.05, 0) is 99.8 Å². The second-order valence-electron chi connectivity index (χ2n) is 11.1. The third kappa shape index (κ3) is 3.44. The average molecular weight is 539 g/mol. The standard InChI is InChI=1S/C39H26N2O/c1-2-15-37-31(10-1)34-13-5-14-36(39(34)42-37)41(29-9-6-22-40-24-29)28-19-16-25(17-20-28)27-18-21-30-32-11-3-7-26-8-4-12-33(38(26)32)35(30)23-27/h1-3,5-7,9-24H,4,8H2. The Labute approximate surface area is 244 Å². The molecule has 198 valence electrons. The van der Waals surface area contributed by atoms with Crippen molar-refractivity contribution >= 4 is 44.6 Å². The second kappa shape index (κ2) is 9.05. The number of para-hydroxylation sites is 2. The summed E-state index contributed by atoms with van der Waals surface area (Å²) in [6, 6.07) is 41.2. The van der Waals surface area contributed by atoms with Crippen LogP contribution in [0.15, 0.2) is 138 Å². The van der Waals surface area contributed by atoms with E-state index in [4.69, 9.17) is 4.42 Å². The first-order valence-corrected chi connectivity index (χ1v) is 14.5. The van der Waals surface area contributed by atoms with Gasteiger partial charge in [-0.1, -0.05) is 78.9 Å². The van der Waals surface area contributed by atoms with Crippen LogP contribution in [0.4, 0.5) is 17.1 Å². The van der Waals surface area contributed by atoms with Crippen LogP contribution >= 0.6 is 0 Å².